The molecule has 106 valence electrons. The maximum Gasteiger partial charge on any atom is 0.240 e. The molecule has 0 aliphatic carbocycles. The van der Waals surface area contributed by atoms with Crippen LogP contribution in [-0.2, 0) is 21.2 Å². The van der Waals surface area contributed by atoms with Crippen molar-refractivity contribution in [3.8, 4) is 0 Å². The van der Waals surface area contributed by atoms with Crippen molar-refractivity contribution in [1.82, 2.24) is 4.90 Å². The topological polar surface area (TPSA) is 80.5 Å². The molecule has 0 saturated carbocycles. The van der Waals surface area contributed by atoms with Gasteiger partial charge in [0.15, 0.2) is 9.84 Å². The van der Waals surface area contributed by atoms with Gasteiger partial charge in [0.1, 0.15) is 5.25 Å². The van der Waals surface area contributed by atoms with E-state index in [2.05, 4.69) is 0 Å². The summed E-state index contributed by atoms with van der Waals surface area (Å²) in [5, 5.41) is -1.03. The zero-order chi connectivity index (χ0) is 14.6. The van der Waals surface area contributed by atoms with Gasteiger partial charge in [-0.1, -0.05) is 18.2 Å². The molecule has 5 nitrogen and oxygen atoms in total. The van der Waals surface area contributed by atoms with Crippen LogP contribution in [0.15, 0.2) is 24.3 Å². The quantitative estimate of drug-likeness (QED) is 0.820. The summed E-state index contributed by atoms with van der Waals surface area (Å²) in [5.41, 5.74) is 7.25. The molecule has 0 fully saturated rings. The Bertz CT molecular complexity index is 555. The smallest absolute Gasteiger partial charge is 0.240 e. The van der Waals surface area contributed by atoms with Crippen LogP contribution in [0, 0.1) is 0 Å². The lowest BCUT2D eigenvalue weighted by atomic mass is 10.1. The molecular weight excluding hydrogens is 264 g/mol. The molecule has 6 heteroatoms. The van der Waals surface area contributed by atoms with Crippen molar-refractivity contribution in [2.24, 2.45) is 0 Å². The van der Waals surface area contributed by atoms with E-state index in [0.717, 1.165) is 11.8 Å². The van der Waals surface area contributed by atoms with E-state index in [0.29, 0.717) is 18.8 Å². The number of amides is 1. The van der Waals surface area contributed by atoms with Crippen LogP contribution in [0.4, 0.5) is 5.69 Å². The van der Waals surface area contributed by atoms with Gasteiger partial charge in [-0.3, -0.25) is 4.79 Å². The van der Waals surface area contributed by atoms with E-state index in [9.17, 15) is 13.2 Å². The maximum absolute atomic E-state index is 12.1. The van der Waals surface area contributed by atoms with Gasteiger partial charge in [0.05, 0.1) is 0 Å². The third-order valence-corrected chi connectivity index (χ3v) is 4.59. The van der Waals surface area contributed by atoms with E-state index >= 15 is 0 Å². The Hall–Kier alpha value is -1.56. The van der Waals surface area contributed by atoms with Crippen molar-refractivity contribution < 1.29 is 13.2 Å². The third-order valence-electron chi connectivity index (χ3n) is 3.10. The lowest BCUT2D eigenvalue weighted by Gasteiger charge is -2.24. The summed E-state index contributed by atoms with van der Waals surface area (Å²) < 4.78 is 22.9. The van der Waals surface area contributed by atoms with E-state index in [1.165, 1.54) is 11.8 Å². The Kier molecular flexibility index (Phi) is 4.94. The highest BCUT2D eigenvalue weighted by atomic mass is 32.2. The standard InChI is InChI=1S/C13H20N2O3S/c1-4-15(13(16)10(2)19(3,17)18)9-11-7-5-6-8-12(11)14/h5-8,10H,4,9,14H2,1-3H3. The van der Waals surface area contributed by atoms with E-state index in [1.807, 2.05) is 25.1 Å². The third kappa shape index (κ3) is 3.96. The minimum Gasteiger partial charge on any atom is -0.398 e. The van der Waals surface area contributed by atoms with E-state index in [-0.39, 0.29) is 0 Å². The second-order valence-corrected chi connectivity index (χ2v) is 6.89. The predicted octanol–water partition coefficient (Wildman–Crippen LogP) is 1.05. The molecule has 1 unspecified atom stereocenters. The number of para-hydroxylation sites is 1. The average molecular weight is 284 g/mol. The van der Waals surface area contributed by atoms with Crippen LogP contribution in [0.25, 0.3) is 0 Å². The highest BCUT2D eigenvalue weighted by Crippen LogP contribution is 2.15. The number of hydrogen-bond donors (Lipinski definition) is 1. The molecule has 0 aromatic heterocycles. The summed E-state index contributed by atoms with van der Waals surface area (Å²) in [4.78, 5) is 13.6. The highest BCUT2D eigenvalue weighted by molar-refractivity contribution is 7.92. The van der Waals surface area contributed by atoms with Crippen molar-refractivity contribution in [2.75, 3.05) is 18.5 Å². The van der Waals surface area contributed by atoms with Crippen LogP contribution in [0.1, 0.15) is 19.4 Å². The number of sulfone groups is 1. The minimum absolute atomic E-state index is 0.321. The first-order chi connectivity index (χ1) is 8.77. The van der Waals surface area contributed by atoms with E-state index in [4.69, 9.17) is 5.73 Å². The normalized spacial score (nSPS) is 13.0. The van der Waals surface area contributed by atoms with Gasteiger partial charge in [-0.15, -0.1) is 0 Å². The molecule has 1 aromatic carbocycles. The van der Waals surface area contributed by atoms with Gasteiger partial charge < -0.3 is 10.6 Å². The fourth-order valence-electron chi connectivity index (χ4n) is 1.67. The summed E-state index contributed by atoms with van der Waals surface area (Å²) in [5.74, 6) is -0.395. The second kappa shape index (κ2) is 6.06. The first-order valence-electron chi connectivity index (χ1n) is 6.08. The molecule has 0 heterocycles. The fourth-order valence-corrected chi connectivity index (χ4v) is 2.18. The molecule has 0 bridgehead atoms. The van der Waals surface area contributed by atoms with Gasteiger partial charge in [-0.25, -0.2) is 8.42 Å². The molecule has 1 aromatic rings. The van der Waals surface area contributed by atoms with Crippen molar-refractivity contribution in [3.05, 3.63) is 29.8 Å². The average Bonchev–Trinajstić information content (AvgIpc) is 2.35. The number of anilines is 1. The van der Waals surface area contributed by atoms with Crippen molar-refractivity contribution in [1.29, 1.82) is 0 Å². The van der Waals surface area contributed by atoms with Crippen molar-refractivity contribution >= 4 is 21.4 Å². The number of rotatable bonds is 5. The van der Waals surface area contributed by atoms with Crippen LogP contribution in [0.2, 0.25) is 0 Å². The Labute approximate surface area is 114 Å². The minimum atomic E-state index is -3.38. The number of carbonyl (C=O) groups excluding carboxylic acids is 1. The summed E-state index contributed by atoms with van der Waals surface area (Å²) >= 11 is 0. The number of nitrogens with two attached hydrogens (primary N) is 1. The van der Waals surface area contributed by atoms with Crippen LogP contribution in [-0.4, -0.2) is 37.3 Å². The Morgan fingerprint density at radius 3 is 2.42 bits per heavy atom. The number of nitrogens with zero attached hydrogens (tertiary/aromatic N) is 1. The largest absolute Gasteiger partial charge is 0.398 e. The molecule has 2 N–H and O–H groups in total. The number of hydrogen-bond acceptors (Lipinski definition) is 4. The highest BCUT2D eigenvalue weighted by Gasteiger charge is 2.27. The number of benzene rings is 1. The second-order valence-electron chi connectivity index (χ2n) is 4.52. The molecule has 0 aliphatic heterocycles. The predicted molar refractivity (Wildman–Crippen MR) is 76.3 cm³/mol. The summed E-state index contributed by atoms with van der Waals surface area (Å²) in [6.07, 6.45) is 1.07. The van der Waals surface area contributed by atoms with Gasteiger partial charge >= 0.3 is 0 Å². The molecule has 1 amide bonds. The van der Waals surface area contributed by atoms with Crippen molar-refractivity contribution in [3.63, 3.8) is 0 Å². The van der Waals surface area contributed by atoms with Gasteiger partial charge in [0.2, 0.25) is 5.91 Å². The van der Waals surface area contributed by atoms with Gasteiger partial charge in [-0.2, -0.15) is 0 Å². The molecule has 0 spiro atoms. The SMILES string of the molecule is CCN(Cc1ccccc1N)C(=O)C(C)S(C)(=O)=O. The maximum atomic E-state index is 12.1. The van der Waals surface area contributed by atoms with Crippen LogP contribution < -0.4 is 5.73 Å². The van der Waals surface area contributed by atoms with Crippen LogP contribution in [0.3, 0.4) is 0 Å². The Balaban J connectivity index is 2.91. The number of nitrogen functional groups attached to an aromatic ring is 1. The monoisotopic (exact) mass is 284 g/mol. The van der Waals surface area contributed by atoms with Crippen LogP contribution >= 0.6 is 0 Å². The summed E-state index contributed by atoms with van der Waals surface area (Å²) in [7, 11) is -3.38. The zero-order valence-corrected chi connectivity index (χ0v) is 12.3. The molecule has 19 heavy (non-hydrogen) atoms. The lowest BCUT2D eigenvalue weighted by molar-refractivity contribution is -0.130. The molecule has 0 radical (unpaired) electrons. The van der Waals surface area contributed by atoms with Crippen molar-refractivity contribution in [2.45, 2.75) is 25.6 Å². The Morgan fingerprint density at radius 1 is 1.37 bits per heavy atom. The molecule has 0 aliphatic rings. The zero-order valence-electron chi connectivity index (χ0n) is 11.5. The van der Waals surface area contributed by atoms with E-state index < -0.39 is 21.0 Å². The summed E-state index contributed by atoms with van der Waals surface area (Å²) in [6, 6.07) is 7.24. The van der Waals surface area contributed by atoms with Gasteiger partial charge in [-0.05, 0) is 25.5 Å². The molecule has 1 rings (SSSR count). The van der Waals surface area contributed by atoms with Crippen LogP contribution in [0.5, 0.6) is 0 Å². The number of carbonyl (C=O) groups is 1. The first kappa shape index (κ1) is 15.5. The Morgan fingerprint density at radius 2 is 1.95 bits per heavy atom. The molecular formula is C13H20N2O3S. The van der Waals surface area contributed by atoms with Gasteiger partial charge in [0, 0.05) is 25.0 Å². The summed E-state index contributed by atoms with van der Waals surface area (Å²) in [6.45, 7) is 3.98. The van der Waals surface area contributed by atoms with Gasteiger partial charge in [0.25, 0.3) is 0 Å². The van der Waals surface area contributed by atoms with E-state index in [1.54, 1.807) is 6.07 Å². The first-order valence-corrected chi connectivity index (χ1v) is 8.03. The molecule has 0 saturated heterocycles. The lowest BCUT2D eigenvalue weighted by Crippen LogP contribution is -2.40. The molecule has 1 atom stereocenters. The fraction of sp³-hybridized carbons (Fsp3) is 0.462.